The summed E-state index contributed by atoms with van der Waals surface area (Å²) in [6.07, 6.45) is 0. The molecule has 0 atom stereocenters. The predicted octanol–water partition coefficient (Wildman–Crippen LogP) is 3.62. The summed E-state index contributed by atoms with van der Waals surface area (Å²) in [6.45, 7) is 1.95. The number of carbonyl (C=O) groups is 1. The van der Waals surface area contributed by atoms with Gasteiger partial charge in [-0.1, -0.05) is 48.0 Å². The van der Waals surface area contributed by atoms with Crippen molar-refractivity contribution >= 4 is 29.0 Å². The molecule has 124 valence electrons. The summed E-state index contributed by atoms with van der Waals surface area (Å²) in [5, 5.41) is 8.15. The van der Waals surface area contributed by atoms with Gasteiger partial charge >= 0.3 is 0 Å². The topological polar surface area (TPSA) is 59.3 Å². The number of nitrogens with one attached hydrogen (secondary N) is 1. The molecule has 0 bridgehead atoms. The molecule has 0 spiro atoms. The van der Waals surface area contributed by atoms with Gasteiger partial charge in [-0.2, -0.15) is 5.10 Å². The third kappa shape index (κ3) is 2.72. The van der Waals surface area contributed by atoms with Crippen LogP contribution in [0.2, 0.25) is 5.02 Å². The van der Waals surface area contributed by atoms with E-state index in [-0.39, 0.29) is 12.5 Å². The SMILES string of the molecule is Cc1nn(-c2ccccc2)c2c1C(c1ccccc1Cl)=NCC(=O)N2. The Morgan fingerprint density at radius 2 is 1.80 bits per heavy atom. The van der Waals surface area contributed by atoms with Gasteiger partial charge in [0.2, 0.25) is 5.91 Å². The smallest absolute Gasteiger partial charge is 0.247 e. The highest BCUT2D eigenvalue weighted by Crippen LogP contribution is 2.30. The second-order valence-electron chi connectivity index (χ2n) is 5.75. The molecule has 1 aliphatic rings. The highest BCUT2D eigenvalue weighted by molar-refractivity contribution is 6.36. The van der Waals surface area contributed by atoms with Crippen LogP contribution in [-0.2, 0) is 4.79 Å². The molecule has 2 aromatic carbocycles. The van der Waals surface area contributed by atoms with Crippen LogP contribution in [0, 0.1) is 6.92 Å². The minimum Gasteiger partial charge on any atom is -0.308 e. The van der Waals surface area contributed by atoms with Crippen LogP contribution in [0.5, 0.6) is 0 Å². The molecule has 2 heterocycles. The van der Waals surface area contributed by atoms with E-state index in [4.69, 9.17) is 11.6 Å². The maximum Gasteiger partial charge on any atom is 0.247 e. The van der Waals surface area contributed by atoms with E-state index in [0.29, 0.717) is 16.6 Å². The second-order valence-corrected chi connectivity index (χ2v) is 6.16. The Kier molecular flexibility index (Phi) is 3.86. The molecular formula is C19H15ClN4O. The van der Waals surface area contributed by atoms with Gasteiger partial charge in [-0.05, 0) is 25.1 Å². The number of benzene rings is 2. The van der Waals surface area contributed by atoms with E-state index < -0.39 is 0 Å². The van der Waals surface area contributed by atoms with Crippen molar-refractivity contribution < 1.29 is 4.79 Å². The number of aliphatic imine (C=N–C) groups is 1. The highest BCUT2D eigenvalue weighted by atomic mass is 35.5. The molecule has 3 aromatic rings. The lowest BCUT2D eigenvalue weighted by atomic mass is 10.0. The first kappa shape index (κ1) is 15.6. The van der Waals surface area contributed by atoms with Gasteiger partial charge in [0.15, 0.2) is 0 Å². The summed E-state index contributed by atoms with van der Waals surface area (Å²) >= 11 is 6.38. The number of aryl methyl sites for hydroxylation is 1. The Morgan fingerprint density at radius 3 is 2.56 bits per heavy atom. The van der Waals surface area contributed by atoms with E-state index in [9.17, 15) is 4.79 Å². The van der Waals surface area contributed by atoms with Crippen molar-refractivity contribution in [3.05, 3.63) is 76.4 Å². The molecule has 25 heavy (non-hydrogen) atoms. The van der Waals surface area contributed by atoms with Crippen LogP contribution in [0.3, 0.4) is 0 Å². The number of nitrogens with zero attached hydrogens (tertiary/aromatic N) is 3. The number of hydrogen-bond acceptors (Lipinski definition) is 3. The molecule has 0 fully saturated rings. The Hall–Kier alpha value is -2.92. The molecule has 6 heteroatoms. The second kappa shape index (κ2) is 6.18. The van der Waals surface area contributed by atoms with Crippen molar-refractivity contribution in [3.63, 3.8) is 0 Å². The first-order valence-corrected chi connectivity index (χ1v) is 8.27. The van der Waals surface area contributed by atoms with Crippen LogP contribution in [0.1, 0.15) is 16.8 Å². The number of rotatable bonds is 2. The molecule has 0 saturated heterocycles. The van der Waals surface area contributed by atoms with Gasteiger partial charge in [-0.25, -0.2) is 4.68 Å². The molecule has 1 aliphatic heterocycles. The summed E-state index contributed by atoms with van der Waals surface area (Å²) in [5.41, 5.74) is 3.91. The summed E-state index contributed by atoms with van der Waals surface area (Å²) < 4.78 is 1.74. The summed E-state index contributed by atoms with van der Waals surface area (Å²) in [6, 6.07) is 17.2. The van der Waals surface area contributed by atoms with Crippen molar-refractivity contribution in [1.82, 2.24) is 9.78 Å². The summed E-state index contributed by atoms with van der Waals surface area (Å²) in [4.78, 5) is 16.7. The average molecular weight is 351 g/mol. The van der Waals surface area contributed by atoms with E-state index in [1.807, 2.05) is 61.5 Å². The van der Waals surface area contributed by atoms with Crippen LogP contribution in [0.4, 0.5) is 5.82 Å². The third-order valence-electron chi connectivity index (χ3n) is 4.07. The quantitative estimate of drug-likeness (QED) is 0.767. The lowest BCUT2D eigenvalue weighted by molar-refractivity contribution is -0.114. The first-order valence-electron chi connectivity index (χ1n) is 7.90. The van der Waals surface area contributed by atoms with Gasteiger partial charge < -0.3 is 5.32 Å². The lowest BCUT2D eigenvalue weighted by Gasteiger charge is -2.10. The van der Waals surface area contributed by atoms with E-state index >= 15 is 0 Å². The molecule has 5 nitrogen and oxygen atoms in total. The van der Waals surface area contributed by atoms with Crippen molar-refractivity contribution in [2.75, 3.05) is 11.9 Å². The molecule has 1 aromatic heterocycles. The minimum atomic E-state index is -0.180. The normalized spacial score (nSPS) is 13.7. The van der Waals surface area contributed by atoms with Crippen LogP contribution in [0.25, 0.3) is 5.69 Å². The van der Waals surface area contributed by atoms with E-state index in [2.05, 4.69) is 15.4 Å². The van der Waals surface area contributed by atoms with Gasteiger partial charge in [0.25, 0.3) is 0 Å². The fourth-order valence-corrected chi connectivity index (χ4v) is 3.18. The highest BCUT2D eigenvalue weighted by Gasteiger charge is 2.26. The zero-order valence-corrected chi connectivity index (χ0v) is 14.3. The fraction of sp³-hybridized carbons (Fsp3) is 0.105. The number of fused-ring (bicyclic) bond motifs is 1. The zero-order valence-electron chi connectivity index (χ0n) is 13.5. The minimum absolute atomic E-state index is 0.0451. The number of anilines is 1. The molecular weight excluding hydrogens is 336 g/mol. The fourth-order valence-electron chi connectivity index (χ4n) is 2.96. The number of hydrogen-bond donors (Lipinski definition) is 1. The average Bonchev–Trinajstić information content (AvgIpc) is 2.83. The Bertz CT molecular complexity index is 992. The molecule has 0 aliphatic carbocycles. The van der Waals surface area contributed by atoms with Crippen LogP contribution in [0.15, 0.2) is 59.6 Å². The van der Waals surface area contributed by atoms with Gasteiger partial charge in [0.05, 0.1) is 22.7 Å². The molecule has 0 radical (unpaired) electrons. The predicted molar refractivity (Wildman–Crippen MR) is 98.9 cm³/mol. The van der Waals surface area contributed by atoms with Gasteiger partial charge in [0.1, 0.15) is 12.4 Å². The number of amides is 1. The lowest BCUT2D eigenvalue weighted by Crippen LogP contribution is -2.16. The van der Waals surface area contributed by atoms with Gasteiger partial charge in [0, 0.05) is 10.6 Å². The van der Waals surface area contributed by atoms with Crippen LogP contribution < -0.4 is 5.32 Å². The maximum atomic E-state index is 12.2. The van der Waals surface area contributed by atoms with Crippen LogP contribution in [-0.4, -0.2) is 27.9 Å². The standard InChI is InChI=1S/C19H15ClN4O/c1-12-17-18(14-9-5-6-10-15(14)20)21-11-16(25)22-19(17)24(23-12)13-7-3-2-4-8-13/h2-10H,11H2,1H3,(H,22,25). The maximum absolute atomic E-state index is 12.2. The van der Waals surface area contributed by atoms with Gasteiger partial charge in [-0.15, -0.1) is 0 Å². The summed E-state index contributed by atoms with van der Waals surface area (Å²) in [5.74, 6) is 0.435. The van der Waals surface area contributed by atoms with E-state index in [1.54, 1.807) is 4.68 Å². The zero-order chi connectivity index (χ0) is 17.4. The first-order chi connectivity index (χ1) is 12.1. The van der Waals surface area contributed by atoms with Crippen LogP contribution >= 0.6 is 11.6 Å². The van der Waals surface area contributed by atoms with Crippen molar-refractivity contribution in [1.29, 1.82) is 0 Å². The third-order valence-corrected chi connectivity index (χ3v) is 4.40. The van der Waals surface area contributed by atoms with Crippen molar-refractivity contribution in [2.45, 2.75) is 6.92 Å². The molecule has 4 rings (SSSR count). The number of para-hydroxylation sites is 1. The van der Waals surface area contributed by atoms with Crippen molar-refractivity contribution in [3.8, 4) is 5.69 Å². The number of carbonyl (C=O) groups excluding carboxylic acids is 1. The Labute approximate surface area is 150 Å². The van der Waals surface area contributed by atoms with E-state index in [0.717, 1.165) is 22.5 Å². The Morgan fingerprint density at radius 1 is 1.08 bits per heavy atom. The number of aromatic nitrogens is 2. The molecule has 0 saturated carbocycles. The Balaban J connectivity index is 1.97. The molecule has 1 amide bonds. The largest absolute Gasteiger partial charge is 0.308 e. The molecule has 1 N–H and O–H groups in total. The monoisotopic (exact) mass is 350 g/mol. The van der Waals surface area contributed by atoms with Crippen molar-refractivity contribution in [2.24, 2.45) is 4.99 Å². The molecule has 0 unspecified atom stereocenters. The van der Waals surface area contributed by atoms with Gasteiger partial charge in [-0.3, -0.25) is 9.79 Å². The number of halogens is 1. The van der Waals surface area contributed by atoms with E-state index in [1.165, 1.54) is 0 Å². The summed E-state index contributed by atoms with van der Waals surface area (Å²) in [7, 11) is 0.